The van der Waals surface area contributed by atoms with Crippen LogP contribution in [0.2, 0.25) is 0 Å². The first kappa shape index (κ1) is 33.2. The van der Waals surface area contributed by atoms with Crippen LogP contribution in [0.15, 0.2) is 224 Å². The summed E-state index contributed by atoms with van der Waals surface area (Å²) in [5.41, 5.74) is 17.0. The molecule has 9 aromatic carbocycles. The SMILES string of the molecule is c1ccc(-c2ccc(-c3ccc(N(c4ccc(-c5ccccc5)cc4)c4cccc5c4-c4ccccc4-c4cc(-c6ccccc6)ccc4O5)cc3)cc2)cc1. The monoisotopic (exact) mass is 715 g/mol. The van der Waals surface area contributed by atoms with Crippen molar-refractivity contribution in [1.29, 1.82) is 0 Å². The van der Waals surface area contributed by atoms with Crippen molar-refractivity contribution in [3.63, 3.8) is 0 Å². The Morgan fingerprint density at radius 2 is 0.679 bits per heavy atom. The summed E-state index contributed by atoms with van der Waals surface area (Å²) in [5, 5.41) is 0. The highest BCUT2D eigenvalue weighted by atomic mass is 16.5. The summed E-state index contributed by atoms with van der Waals surface area (Å²) < 4.78 is 6.91. The maximum Gasteiger partial charge on any atom is 0.137 e. The minimum absolute atomic E-state index is 0.821. The Morgan fingerprint density at radius 1 is 0.268 bits per heavy atom. The van der Waals surface area contributed by atoms with Crippen LogP contribution in [0.4, 0.5) is 17.1 Å². The van der Waals surface area contributed by atoms with Gasteiger partial charge in [-0.2, -0.15) is 0 Å². The van der Waals surface area contributed by atoms with Crippen LogP contribution in [0.25, 0.3) is 66.8 Å². The second kappa shape index (κ2) is 14.4. The fraction of sp³-hybridized carbons (Fsp3) is 0. The smallest absolute Gasteiger partial charge is 0.137 e. The zero-order chi connectivity index (χ0) is 37.3. The van der Waals surface area contributed by atoms with Gasteiger partial charge in [0.15, 0.2) is 0 Å². The lowest BCUT2D eigenvalue weighted by atomic mass is 9.91. The summed E-state index contributed by atoms with van der Waals surface area (Å²) in [7, 11) is 0. The van der Waals surface area contributed by atoms with Crippen LogP contribution < -0.4 is 9.64 Å². The Labute approximate surface area is 328 Å². The first-order valence-corrected chi connectivity index (χ1v) is 19.1. The van der Waals surface area contributed by atoms with Crippen LogP contribution in [-0.2, 0) is 0 Å². The molecule has 2 nitrogen and oxygen atoms in total. The number of hydrogen-bond donors (Lipinski definition) is 0. The molecule has 1 heterocycles. The van der Waals surface area contributed by atoms with Crippen LogP contribution in [0.3, 0.4) is 0 Å². The van der Waals surface area contributed by atoms with Crippen LogP contribution in [-0.4, -0.2) is 0 Å². The van der Waals surface area contributed by atoms with Crippen LogP contribution in [0.5, 0.6) is 11.5 Å². The number of hydrogen-bond acceptors (Lipinski definition) is 2. The summed E-state index contributed by atoms with van der Waals surface area (Å²) in [5.74, 6) is 1.66. The van der Waals surface area contributed by atoms with Crippen LogP contribution in [0.1, 0.15) is 0 Å². The molecular formula is C54H37NO. The van der Waals surface area contributed by atoms with Gasteiger partial charge in [-0.3, -0.25) is 0 Å². The molecule has 264 valence electrons. The van der Waals surface area contributed by atoms with Crippen LogP contribution >= 0.6 is 0 Å². The second-order valence-corrected chi connectivity index (χ2v) is 14.1. The lowest BCUT2D eigenvalue weighted by Gasteiger charge is -2.29. The van der Waals surface area contributed by atoms with E-state index in [-0.39, 0.29) is 0 Å². The third-order valence-electron chi connectivity index (χ3n) is 10.7. The standard InChI is InChI=1S/C54H37NO/c1-4-13-38(14-5-1)41-23-25-42(26-24-41)44-29-34-47(35-30-44)55(46-32-27-43(28-33-46)39-15-6-2-7-16-39)51-21-12-22-53-54(51)49-20-11-10-19-48(49)50-37-45(31-36-52(50)56-53)40-17-8-3-9-18-40/h1-37H. The van der Waals surface area contributed by atoms with Gasteiger partial charge >= 0.3 is 0 Å². The lowest BCUT2D eigenvalue weighted by Crippen LogP contribution is -2.11. The molecule has 0 atom stereocenters. The van der Waals surface area contributed by atoms with E-state index in [0.717, 1.165) is 61.9 Å². The third-order valence-corrected chi connectivity index (χ3v) is 10.7. The van der Waals surface area contributed by atoms with Gasteiger partial charge in [0.2, 0.25) is 0 Å². The van der Waals surface area contributed by atoms with E-state index in [2.05, 4.69) is 229 Å². The second-order valence-electron chi connectivity index (χ2n) is 14.1. The fourth-order valence-corrected chi connectivity index (χ4v) is 7.91. The van der Waals surface area contributed by atoms with Gasteiger partial charge in [-0.05, 0) is 104 Å². The van der Waals surface area contributed by atoms with Gasteiger partial charge in [-0.15, -0.1) is 0 Å². The molecule has 56 heavy (non-hydrogen) atoms. The number of rotatable bonds is 7. The molecule has 0 aliphatic carbocycles. The van der Waals surface area contributed by atoms with E-state index in [1.165, 1.54) is 33.4 Å². The van der Waals surface area contributed by atoms with Crippen molar-refractivity contribution in [3.05, 3.63) is 224 Å². The Hall–Kier alpha value is -7.42. The zero-order valence-electron chi connectivity index (χ0n) is 30.7. The number of fused-ring (bicyclic) bond motifs is 5. The number of benzene rings is 9. The average Bonchev–Trinajstić information content (AvgIpc) is 3.42. The molecule has 0 spiro atoms. The number of anilines is 3. The molecule has 0 aromatic heterocycles. The quantitative estimate of drug-likeness (QED) is 0.163. The fourth-order valence-electron chi connectivity index (χ4n) is 7.91. The first-order valence-electron chi connectivity index (χ1n) is 19.1. The highest BCUT2D eigenvalue weighted by Crippen LogP contribution is 2.53. The molecule has 0 fully saturated rings. The number of ether oxygens (including phenoxy) is 1. The molecule has 2 heteroatoms. The van der Waals surface area contributed by atoms with E-state index in [1.54, 1.807) is 0 Å². The highest BCUT2D eigenvalue weighted by Gasteiger charge is 2.27. The van der Waals surface area contributed by atoms with Gasteiger partial charge < -0.3 is 9.64 Å². The third kappa shape index (κ3) is 6.24. The van der Waals surface area contributed by atoms with Crippen molar-refractivity contribution in [2.75, 3.05) is 4.90 Å². The molecule has 0 N–H and O–H groups in total. The van der Waals surface area contributed by atoms with Gasteiger partial charge in [0.25, 0.3) is 0 Å². The summed E-state index contributed by atoms with van der Waals surface area (Å²) in [6, 6.07) is 79.9. The molecule has 1 aliphatic rings. The van der Waals surface area contributed by atoms with Gasteiger partial charge in [0.1, 0.15) is 11.5 Å². The highest BCUT2D eigenvalue weighted by molar-refractivity contribution is 5.99. The summed E-state index contributed by atoms with van der Waals surface area (Å²) in [4.78, 5) is 2.36. The van der Waals surface area contributed by atoms with E-state index in [1.807, 2.05) is 0 Å². The molecule has 0 saturated heterocycles. The minimum atomic E-state index is 0.821. The maximum atomic E-state index is 6.91. The van der Waals surface area contributed by atoms with Crippen molar-refractivity contribution in [2.24, 2.45) is 0 Å². The Bertz CT molecular complexity index is 2780. The zero-order valence-corrected chi connectivity index (χ0v) is 30.7. The van der Waals surface area contributed by atoms with E-state index in [0.29, 0.717) is 0 Å². The van der Waals surface area contributed by atoms with Gasteiger partial charge in [0.05, 0.1) is 5.69 Å². The predicted molar refractivity (Wildman–Crippen MR) is 234 cm³/mol. The first-order chi connectivity index (χ1) is 27.8. The number of nitrogens with zero attached hydrogens (tertiary/aromatic N) is 1. The van der Waals surface area contributed by atoms with Gasteiger partial charge in [0, 0.05) is 22.5 Å². The lowest BCUT2D eigenvalue weighted by molar-refractivity contribution is 0.488. The van der Waals surface area contributed by atoms with E-state index >= 15 is 0 Å². The van der Waals surface area contributed by atoms with Gasteiger partial charge in [-0.1, -0.05) is 176 Å². The maximum absolute atomic E-state index is 6.91. The molecule has 9 aromatic rings. The summed E-state index contributed by atoms with van der Waals surface area (Å²) >= 11 is 0. The van der Waals surface area contributed by atoms with Crippen molar-refractivity contribution >= 4 is 17.1 Å². The minimum Gasteiger partial charge on any atom is -0.456 e. The van der Waals surface area contributed by atoms with Crippen molar-refractivity contribution in [3.8, 4) is 78.3 Å². The molecule has 10 rings (SSSR count). The van der Waals surface area contributed by atoms with E-state index in [4.69, 9.17) is 4.74 Å². The molecule has 0 bridgehead atoms. The van der Waals surface area contributed by atoms with Crippen LogP contribution in [0, 0.1) is 0 Å². The van der Waals surface area contributed by atoms with E-state index in [9.17, 15) is 0 Å². The van der Waals surface area contributed by atoms with Crippen molar-refractivity contribution in [1.82, 2.24) is 0 Å². The van der Waals surface area contributed by atoms with Crippen molar-refractivity contribution < 1.29 is 4.74 Å². The average molecular weight is 716 g/mol. The summed E-state index contributed by atoms with van der Waals surface area (Å²) in [6.45, 7) is 0. The van der Waals surface area contributed by atoms with Crippen molar-refractivity contribution in [2.45, 2.75) is 0 Å². The molecular weight excluding hydrogens is 679 g/mol. The Morgan fingerprint density at radius 3 is 1.20 bits per heavy atom. The Balaban J connectivity index is 1.10. The predicted octanol–water partition coefficient (Wildman–Crippen LogP) is 15.3. The Kier molecular flexibility index (Phi) is 8.55. The molecule has 0 unspecified atom stereocenters. The normalized spacial score (nSPS) is 11.4. The molecule has 0 saturated carbocycles. The van der Waals surface area contributed by atoms with E-state index < -0.39 is 0 Å². The molecule has 0 amide bonds. The molecule has 1 aliphatic heterocycles. The van der Waals surface area contributed by atoms with Gasteiger partial charge in [-0.25, -0.2) is 0 Å². The topological polar surface area (TPSA) is 12.5 Å². The summed E-state index contributed by atoms with van der Waals surface area (Å²) in [6.07, 6.45) is 0. The molecule has 0 radical (unpaired) electrons. The largest absolute Gasteiger partial charge is 0.456 e.